The molecule has 1 saturated carbocycles. The SMILES string of the molecule is CC1N=C(C2CC2)ON1C. The van der Waals surface area contributed by atoms with Crippen LogP contribution in [0.15, 0.2) is 4.99 Å². The van der Waals surface area contributed by atoms with Gasteiger partial charge >= 0.3 is 0 Å². The molecule has 1 unspecified atom stereocenters. The Balaban J connectivity index is 2.04. The van der Waals surface area contributed by atoms with Crippen molar-refractivity contribution in [3.8, 4) is 0 Å². The van der Waals surface area contributed by atoms with Crippen LogP contribution in [-0.4, -0.2) is 24.2 Å². The zero-order valence-corrected chi connectivity index (χ0v) is 6.37. The van der Waals surface area contributed by atoms with Crippen LogP contribution in [0.3, 0.4) is 0 Å². The summed E-state index contributed by atoms with van der Waals surface area (Å²) in [5.41, 5.74) is 0. The lowest BCUT2D eigenvalue weighted by Crippen LogP contribution is -2.21. The highest BCUT2D eigenvalue weighted by molar-refractivity contribution is 5.81. The summed E-state index contributed by atoms with van der Waals surface area (Å²) in [6.07, 6.45) is 2.74. The first-order valence-corrected chi connectivity index (χ1v) is 3.76. The first kappa shape index (κ1) is 6.16. The highest BCUT2D eigenvalue weighted by atomic mass is 16.7. The molecule has 0 bridgehead atoms. The van der Waals surface area contributed by atoms with Gasteiger partial charge in [0, 0.05) is 13.0 Å². The van der Waals surface area contributed by atoms with Gasteiger partial charge in [0.1, 0.15) is 6.17 Å². The van der Waals surface area contributed by atoms with Gasteiger partial charge in [-0.05, 0) is 19.8 Å². The molecule has 0 N–H and O–H groups in total. The Labute approximate surface area is 60.6 Å². The molecule has 0 saturated heterocycles. The maximum atomic E-state index is 5.38. The predicted octanol–water partition coefficient (Wildman–Crippen LogP) is 1.02. The fourth-order valence-corrected chi connectivity index (χ4v) is 1.02. The van der Waals surface area contributed by atoms with Crippen molar-refractivity contribution in [1.82, 2.24) is 5.06 Å². The first-order chi connectivity index (χ1) is 4.77. The molecule has 1 atom stereocenters. The standard InChI is InChI=1S/C7H12N2O/c1-5-8-7(6-3-4-6)10-9(5)2/h5-6H,3-4H2,1-2H3. The molecule has 1 fully saturated rings. The Morgan fingerprint density at radius 1 is 1.60 bits per heavy atom. The lowest BCUT2D eigenvalue weighted by Gasteiger charge is -2.10. The van der Waals surface area contributed by atoms with E-state index in [1.54, 1.807) is 5.06 Å². The molecular weight excluding hydrogens is 128 g/mol. The molecule has 2 aliphatic rings. The third kappa shape index (κ3) is 0.904. The second-order valence-electron chi connectivity index (χ2n) is 3.01. The number of aliphatic imine (C=N–C) groups is 1. The maximum absolute atomic E-state index is 5.38. The molecule has 0 radical (unpaired) electrons. The van der Waals surface area contributed by atoms with Gasteiger partial charge in [0.05, 0.1) is 0 Å². The van der Waals surface area contributed by atoms with E-state index in [-0.39, 0.29) is 6.17 Å². The fourth-order valence-electron chi connectivity index (χ4n) is 1.02. The predicted molar refractivity (Wildman–Crippen MR) is 38.5 cm³/mol. The van der Waals surface area contributed by atoms with Gasteiger partial charge in [-0.3, -0.25) is 0 Å². The summed E-state index contributed by atoms with van der Waals surface area (Å²) in [6, 6.07) is 0. The second-order valence-corrected chi connectivity index (χ2v) is 3.01. The van der Waals surface area contributed by atoms with E-state index in [1.165, 1.54) is 12.8 Å². The quantitative estimate of drug-likeness (QED) is 0.543. The van der Waals surface area contributed by atoms with Crippen molar-refractivity contribution in [1.29, 1.82) is 0 Å². The Kier molecular flexibility index (Phi) is 1.20. The summed E-state index contributed by atoms with van der Waals surface area (Å²) in [6.45, 7) is 2.04. The lowest BCUT2D eigenvalue weighted by atomic mass is 10.4. The summed E-state index contributed by atoms with van der Waals surface area (Å²) >= 11 is 0. The van der Waals surface area contributed by atoms with Gasteiger partial charge in [-0.15, -0.1) is 5.06 Å². The molecule has 0 aromatic rings. The largest absolute Gasteiger partial charge is 0.389 e. The van der Waals surface area contributed by atoms with E-state index in [4.69, 9.17) is 4.84 Å². The zero-order chi connectivity index (χ0) is 7.14. The molecule has 10 heavy (non-hydrogen) atoms. The van der Waals surface area contributed by atoms with Crippen LogP contribution >= 0.6 is 0 Å². The summed E-state index contributed by atoms with van der Waals surface area (Å²) in [5.74, 6) is 1.60. The van der Waals surface area contributed by atoms with Crippen molar-refractivity contribution < 1.29 is 4.84 Å². The van der Waals surface area contributed by atoms with Crippen LogP contribution in [0.1, 0.15) is 19.8 Å². The molecular formula is C7H12N2O. The van der Waals surface area contributed by atoms with E-state index in [2.05, 4.69) is 4.99 Å². The molecule has 1 aliphatic carbocycles. The summed E-state index contributed by atoms with van der Waals surface area (Å²) in [4.78, 5) is 9.73. The van der Waals surface area contributed by atoms with E-state index in [0.717, 1.165) is 5.90 Å². The normalized spacial score (nSPS) is 33.8. The summed E-state index contributed by atoms with van der Waals surface area (Å²) in [7, 11) is 1.92. The molecule has 3 nitrogen and oxygen atoms in total. The number of nitrogens with zero attached hydrogens (tertiary/aromatic N) is 2. The highest BCUT2D eigenvalue weighted by Gasteiger charge is 2.34. The van der Waals surface area contributed by atoms with E-state index >= 15 is 0 Å². The van der Waals surface area contributed by atoms with Crippen molar-refractivity contribution >= 4 is 5.90 Å². The zero-order valence-electron chi connectivity index (χ0n) is 6.37. The smallest absolute Gasteiger partial charge is 0.214 e. The van der Waals surface area contributed by atoms with E-state index in [0.29, 0.717) is 5.92 Å². The van der Waals surface area contributed by atoms with Crippen LogP contribution in [0.25, 0.3) is 0 Å². The minimum absolute atomic E-state index is 0.218. The minimum atomic E-state index is 0.218. The van der Waals surface area contributed by atoms with Gasteiger partial charge in [-0.1, -0.05) is 0 Å². The average Bonchev–Trinajstić information content (AvgIpc) is 2.64. The van der Waals surface area contributed by atoms with Crippen LogP contribution in [0, 0.1) is 5.92 Å². The van der Waals surface area contributed by atoms with Gasteiger partial charge < -0.3 is 4.84 Å². The van der Waals surface area contributed by atoms with Gasteiger partial charge in [-0.25, -0.2) is 4.99 Å². The molecule has 1 aliphatic heterocycles. The molecule has 0 amide bonds. The number of hydroxylamine groups is 2. The molecule has 0 spiro atoms. The van der Waals surface area contributed by atoms with Crippen LogP contribution in [0.2, 0.25) is 0 Å². The third-order valence-electron chi connectivity index (χ3n) is 2.00. The van der Waals surface area contributed by atoms with E-state index in [9.17, 15) is 0 Å². The summed E-state index contributed by atoms with van der Waals surface area (Å²) < 4.78 is 0. The second kappa shape index (κ2) is 1.95. The molecule has 0 aromatic carbocycles. The molecule has 3 heteroatoms. The van der Waals surface area contributed by atoms with Crippen molar-refractivity contribution in [2.75, 3.05) is 7.05 Å². The van der Waals surface area contributed by atoms with Gasteiger partial charge in [0.2, 0.25) is 5.90 Å². The Hall–Kier alpha value is -0.570. The Bertz CT molecular complexity index is 174. The van der Waals surface area contributed by atoms with Crippen molar-refractivity contribution in [3.05, 3.63) is 0 Å². The third-order valence-corrected chi connectivity index (χ3v) is 2.00. The maximum Gasteiger partial charge on any atom is 0.214 e. The van der Waals surface area contributed by atoms with E-state index < -0.39 is 0 Å². The van der Waals surface area contributed by atoms with Crippen molar-refractivity contribution in [3.63, 3.8) is 0 Å². The highest BCUT2D eigenvalue weighted by Crippen LogP contribution is 2.33. The van der Waals surface area contributed by atoms with Gasteiger partial charge in [0.15, 0.2) is 0 Å². The number of hydrogen-bond acceptors (Lipinski definition) is 3. The fraction of sp³-hybridized carbons (Fsp3) is 0.857. The van der Waals surface area contributed by atoms with E-state index in [1.807, 2.05) is 14.0 Å². The first-order valence-electron chi connectivity index (χ1n) is 3.76. The number of rotatable bonds is 1. The molecule has 1 heterocycles. The summed E-state index contributed by atoms with van der Waals surface area (Å²) in [5, 5.41) is 1.80. The molecule has 0 aromatic heterocycles. The Morgan fingerprint density at radius 2 is 2.30 bits per heavy atom. The van der Waals surface area contributed by atoms with Crippen LogP contribution in [0.4, 0.5) is 0 Å². The molecule has 2 rings (SSSR count). The van der Waals surface area contributed by atoms with Crippen molar-refractivity contribution in [2.45, 2.75) is 25.9 Å². The molecule has 56 valence electrons. The van der Waals surface area contributed by atoms with Crippen LogP contribution in [-0.2, 0) is 4.84 Å². The minimum Gasteiger partial charge on any atom is -0.389 e. The van der Waals surface area contributed by atoms with Crippen LogP contribution < -0.4 is 0 Å². The van der Waals surface area contributed by atoms with Gasteiger partial charge in [-0.2, -0.15) is 0 Å². The monoisotopic (exact) mass is 140 g/mol. The Morgan fingerprint density at radius 3 is 2.70 bits per heavy atom. The van der Waals surface area contributed by atoms with Gasteiger partial charge in [0.25, 0.3) is 0 Å². The average molecular weight is 140 g/mol. The van der Waals surface area contributed by atoms with Crippen molar-refractivity contribution in [2.24, 2.45) is 10.9 Å². The van der Waals surface area contributed by atoms with Crippen LogP contribution in [0.5, 0.6) is 0 Å². The number of hydrogen-bond donors (Lipinski definition) is 0. The lowest BCUT2D eigenvalue weighted by molar-refractivity contribution is -0.0537. The topological polar surface area (TPSA) is 24.8 Å².